The lowest BCUT2D eigenvalue weighted by atomic mass is 10.1. The van der Waals surface area contributed by atoms with E-state index in [1.165, 1.54) is 5.01 Å². The molecular weight excluding hydrogens is 354 g/mol. The van der Waals surface area contributed by atoms with Crippen molar-refractivity contribution in [2.75, 3.05) is 26.7 Å². The van der Waals surface area contributed by atoms with Crippen molar-refractivity contribution in [3.8, 4) is 5.75 Å². The standard InChI is InChI=1S/C22H25N3O3/c1-24(16-17-28-19-10-6-3-7-11-19)21(26)12-13-22(27)25-15-14-20(23-25)18-8-4-2-5-9-18/h2-11H,12-17H2,1H3. The molecule has 0 saturated carbocycles. The molecule has 0 bridgehead atoms. The molecule has 6 nitrogen and oxygen atoms in total. The third kappa shape index (κ3) is 5.42. The summed E-state index contributed by atoms with van der Waals surface area (Å²) < 4.78 is 5.60. The Morgan fingerprint density at radius 1 is 1.04 bits per heavy atom. The van der Waals surface area contributed by atoms with E-state index in [4.69, 9.17) is 4.74 Å². The minimum absolute atomic E-state index is 0.0727. The Balaban J connectivity index is 1.40. The summed E-state index contributed by atoms with van der Waals surface area (Å²) in [6.45, 7) is 1.46. The number of carbonyl (C=O) groups excluding carboxylic acids is 2. The smallest absolute Gasteiger partial charge is 0.243 e. The quantitative estimate of drug-likeness (QED) is 0.708. The second-order valence-electron chi connectivity index (χ2n) is 6.66. The minimum Gasteiger partial charge on any atom is -0.492 e. The van der Waals surface area contributed by atoms with Crippen LogP contribution in [0.15, 0.2) is 65.8 Å². The van der Waals surface area contributed by atoms with Crippen LogP contribution >= 0.6 is 0 Å². The third-order valence-electron chi connectivity index (χ3n) is 4.61. The van der Waals surface area contributed by atoms with Crippen molar-refractivity contribution in [3.05, 3.63) is 66.2 Å². The van der Waals surface area contributed by atoms with E-state index in [0.717, 1.165) is 23.4 Å². The molecule has 1 heterocycles. The number of rotatable bonds is 8. The molecule has 0 atom stereocenters. The molecule has 2 aromatic carbocycles. The van der Waals surface area contributed by atoms with Gasteiger partial charge in [0.2, 0.25) is 11.8 Å². The van der Waals surface area contributed by atoms with Crippen molar-refractivity contribution < 1.29 is 14.3 Å². The maximum atomic E-state index is 12.4. The number of para-hydroxylation sites is 1. The molecule has 0 fully saturated rings. The summed E-state index contributed by atoms with van der Waals surface area (Å²) in [5.41, 5.74) is 1.95. The maximum absolute atomic E-state index is 12.4. The third-order valence-corrected chi connectivity index (χ3v) is 4.61. The number of benzene rings is 2. The molecule has 2 aromatic rings. The summed E-state index contributed by atoms with van der Waals surface area (Å²) in [4.78, 5) is 26.2. The summed E-state index contributed by atoms with van der Waals surface area (Å²) >= 11 is 0. The van der Waals surface area contributed by atoms with Gasteiger partial charge in [-0.1, -0.05) is 48.5 Å². The first kappa shape index (κ1) is 19.6. The molecule has 0 aliphatic carbocycles. The predicted molar refractivity (Wildman–Crippen MR) is 108 cm³/mol. The van der Waals surface area contributed by atoms with Gasteiger partial charge >= 0.3 is 0 Å². The van der Waals surface area contributed by atoms with Gasteiger partial charge < -0.3 is 9.64 Å². The van der Waals surface area contributed by atoms with Crippen LogP contribution in [-0.2, 0) is 9.59 Å². The van der Waals surface area contributed by atoms with Crippen LogP contribution in [0.3, 0.4) is 0 Å². The van der Waals surface area contributed by atoms with Gasteiger partial charge in [-0.25, -0.2) is 5.01 Å². The molecule has 0 spiro atoms. The normalized spacial score (nSPS) is 13.2. The topological polar surface area (TPSA) is 62.2 Å². The number of amides is 2. The van der Waals surface area contributed by atoms with Gasteiger partial charge in [-0.15, -0.1) is 0 Å². The summed E-state index contributed by atoms with van der Waals surface area (Å²) in [7, 11) is 1.72. The Kier molecular flexibility index (Phi) is 6.78. The Morgan fingerprint density at radius 2 is 1.71 bits per heavy atom. The first-order chi connectivity index (χ1) is 13.6. The van der Waals surface area contributed by atoms with Crippen LogP contribution in [0, 0.1) is 0 Å². The van der Waals surface area contributed by atoms with Gasteiger partial charge in [0.05, 0.1) is 18.8 Å². The molecular formula is C22H25N3O3. The van der Waals surface area contributed by atoms with E-state index in [-0.39, 0.29) is 24.7 Å². The highest BCUT2D eigenvalue weighted by atomic mass is 16.5. The number of nitrogens with zero attached hydrogens (tertiary/aromatic N) is 3. The zero-order valence-corrected chi connectivity index (χ0v) is 16.1. The van der Waals surface area contributed by atoms with Crippen molar-refractivity contribution in [1.82, 2.24) is 9.91 Å². The van der Waals surface area contributed by atoms with Gasteiger partial charge in [0.1, 0.15) is 12.4 Å². The number of carbonyl (C=O) groups is 2. The van der Waals surface area contributed by atoms with Crippen molar-refractivity contribution in [3.63, 3.8) is 0 Å². The molecule has 0 radical (unpaired) electrons. The zero-order valence-electron chi connectivity index (χ0n) is 16.1. The summed E-state index contributed by atoms with van der Waals surface area (Å²) in [5.74, 6) is 0.587. The number of ether oxygens (including phenoxy) is 1. The van der Waals surface area contributed by atoms with Crippen molar-refractivity contribution >= 4 is 17.5 Å². The zero-order chi connectivity index (χ0) is 19.8. The monoisotopic (exact) mass is 379 g/mol. The van der Waals surface area contributed by atoms with Crippen molar-refractivity contribution in [1.29, 1.82) is 0 Å². The van der Waals surface area contributed by atoms with E-state index in [1.54, 1.807) is 11.9 Å². The van der Waals surface area contributed by atoms with Crippen LogP contribution in [0.25, 0.3) is 0 Å². The van der Waals surface area contributed by atoms with Gasteiger partial charge in [0.15, 0.2) is 0 Å². The Labute approximate surface area is 165 Å². The van der Waals surface area contributed by atoms with Crippen molar-refractivity contribution in [2.24, 2.45) is 5.10 Å². The molecule has 2 amide bonds. The number of hydrogen-bond acceptors (Lipinski definition) is 4. The fraction of sp³-hybridized carbons (Fsp3) is 0.318. The highest BCUT2D eigenvalue weighted by Gasteiger charge is 2.22. The predicted octanol–water partition coefficient (Wildman–Crippen LogP) is 2.94. The minimum atomic E-state index is -0.117. The molecule has 0 saturated heterocycles. The van der Waals surface area contributed by atoms with Crippen LogP contribution in [-0.4, -0.2) is 54.2 Å². The van der Waals surface area contributed by atoms with Crippen LogP contribution < -0.4 is 4.74 Å². The lowest BCUT2D eigenvalue weighted by molar-refractivity contribution is -0.136. The van der Waals surface area contributed by atoms with E-state index < -0.39 is 0 Å². The molecule has 146 valence electrons. The molecule has 6 heteroatoms. The Hall–Kier alpha value is -3.15. The molecule has 28 heavy (non-hydrogen) atoms. The summed E-state index contributed by atoms with van der Waals surface area (Å²) in [6.07, 6.45) is 1.07. The highest BCUT2D eigenvalue weighted by Crippen LogP contribution is 2.15. The molecule has 0 N–H and O–H groups in total. The fourth-order valence-corrected chi connectivity index (χ4v) is 2.95. The Bertz CT molecular complexity index is 821. The first-order valence-electron chi connectivity index (χ1n) is 9.48. The van der Waals surface area contributed by atoms with Crippen LogP contribution in [0.1, 0.15) is 24.8 Å². The number of hydrogen-bond donors (Lipinski definition) is 0. The fourth-order valence-electron chi connectivity index (χ4n) is 2.95. The van der Waals surface area contributed by atoms with E-state index in [2.05, 4.69) is 5.10 Å². The SMILES string of the molecule is CN(CCOc1ccccc1)C(=O)CCC(=O)N1CCC(c2ccccc2)=N1. The van der Waals surface area contributed by atoms with Crippen LogP contribution in [0.4, 0.5) is 0 Å². The van der Waals surface area contributed by atoms with E-state index >= 15 is 0 Å². The number of likely N-dealkylation sites (N-methyl/N-ethyl adjacent to an activating group) is 1. The molecule has 3 rings (SSSR count). The first-order valence-corrected chi connectivity index (χ1v) is 9.48. The van der Waals surface area contributed by atoms with Crippen LogP contribution in [0.2, 0.25) is 0 Å². The average molecular weight is 379 g/mol. The molecule has 0 aromatic heterocycles. The number of hydrazone groups is 1. The largest absolute Gasteiger partial charge is 0.492 e. The van der Waals surface area contributed by atoms with E-state index in [9.17, 15) is 9.59 Å². The van der Waals surface area contributed by atoms with E-state index in [1.807, 2.05) is 60.7 Å². The van der Waals surface area contributed by atoms with Gasteiger partial charge in [0, 0.05) is 26.3 Å². The lowest BCUT2D eigenvalue weighted by Crippen LogP contribution is -2.32. The van der Waals surface area contributed by atoms with Crippen molar-refractivity contribution in [2.45, 2.75) is 19.3 Å². The second-order valence-corrected chi connectivity index (χ2v) is 6.66. The molecule has 1 aliphatic heterocycles. The summed E-state index contributed by atoms with van der Waals surface area (Å²) in [5, 5.41) is 5.90. The van der Waals surface area contributed by atoms with Gasteiger partial charge in [-0.2, -0.15) is 5.10 Å². The second kappa shape index (κ2) is 9.69. The van der Waals surface area contributed by atoms with Gasteiger partial charge in [-0.05, 0) is 17.7 Å². The Morgan fingerprint density at radius 3 is 2.43 bits per heavy atom. The average Bonchev–Trinajstić information content (AvgIpc) is 3.23. The highest BCUT2D eigenvalue weighted by molar-refractivity contribution is 6.02. The van der Waals surface area contributed by atoms with Crippen LogP contribution in [0.5, 0.6) is 5.75 Å². The van der Waals surface area contributed by atoms with Gasteiger partial charge in [0.25, 0.3) is 0 Å². The lowest BCUT2D eigenvalue weighted by Gasteiger charge is -2.18. The maximum Gasteiger partial charge on any atom is 0.243 e. The summed E-state index contributed by atoms with van der Waals surface area (Å²) in [6, 6.07) is 19.3. The molecule has 0 unspecified atom stereocenters. The van der Waals surface area contributed by atoms with Gasteiger partial charge in [-0.3, -0.25) is 9.59 Å². The molecule has 1 aliphatic rings. The van der Waals surface area contributed by atoms with E-state index in [0.29, 0.717) is 19.7 Å².